The number of rotatable bonds is 6. The summed E-state index contributed by atoms with van der Waals surface area (Å²) in [5, 5.41) is 11.4. The summed E-state index contributed by atoms with van der Waals surface area (Å²) in [7, 11) is 3.53. The zero-order valence-electron chi connectivity index (χ0n) is 12.3. The Kier molecular flexibility index (Phi) is 4.57. The lowest BCUT2D eigenvalue weighted by molar-refractivity contribution is 0.414. The molecule has 2 aromatic rings. The smallest absolute Gasteiger partial charge is 0.322 e. The highest BCUT2D eigenvalue weighted by molar-refractivity contribution is 5.56. The van der Waals surface area contributed by atoms with Gasteiger partial charge in [-0.1, -0.05) is 12.0 Å². The molecule has 1 unspecified atom stereocenters. The maximum atomic E-state index is 5.68. The van der Waals surface area contributed by atoms with Crippen LogP contribution in [-0.2, 0) is 0 Å². The summed E-state index contributed by atoms with van der Waals surface area (Å²) in [5.41, 5.74) is 0.956. The van der Waals surface area contributed by atoms with Gasteiger partial charge in [0.2, 0.25) is 5.89 Å². The third-order valence-electron chi connectivity index (χ3n) is 3.06. The molecule has 0 amide bonds. The van der Waals surface area contributed by atoms with E-state index in [-0.39, 0.29) is 6.04 Å². The molecule has 0 bridgehead atoms. The first-order valence-corrected chi connectivity index (χ1v) is 6.60. The maximum Gasteiger partial charge on any atom is 0.322 e. The largest absolute Gasteiger partial charge is 0.497 e. The van der Waals surface area contributed by atoms with E-state index in [1.54, 1.807) is 7.11 Å². The van der Waals surface area contributed by atoms with Crippen molar-refractivity contribution in [1.82, 2.24) is 15.5 Å². The van der Waals surface area contributed by atoms with Gasteiger partial charge in [-0.25, -0.2) is 0 Å². The fourth-order valence-corrected chi connectivity index (χ4v) is 1.85. The highest BCUT2D eigenvalue weighted by Gasteiger charge is 2.16. The lowest BCUT2D eigenvalue weighted by Crippen LogP contribution is -2.17. The van der Waals surface area contributed by atoms with E-state index in [1.165, 1.54) is 0 Å². The molecule has 20 heavy (non-hydrogen) atoms. The zero-order chi connectivity index (χ0) is 14.5. The number of nitrogens with one attached hydrogen (secondary N) is 1. The Labute approximate surface area is 118 Å². The summed E-state index contributed by atoms with van der Waals surface area (Å²) < 4.78 is 10.8. The molecule has 6 nitrogen and oxygen atoms in total. The van der Waals surface area contributed by atoms with Gasteiger partial charge in [0.15, 0.2) is 0 Å². The van der Waals surface area contributed by atoms with E-state index >= 15 is 0 Å². The quantitative estimate of drug-likeness (QED) is 0.874. The molecule has 0 aliphatic rings. The highest BCUT2D eigenvalue weighted by atomic mass is 16.5. The number of hydrogen-bond acceptors (Lipinski definition) is 6. The minimum Gasteiger partial charge on any atom is -0.497 e. The van der Waals surface area contributed by atoms with Crippen molar-refractivity contribution in [1.29, 1.82) is 0 Å². The van der Waals surface area contributed by atoms with Crippen LogP contribution in [0.3, 0.4) is 0 Å². The second-order valence-electron chi connectivity index (χ2n) is 4.46. The lowest BCUT2D eigenvalue weighted by Gasteiger charge is -2.14. The highest BCUT2D eigenvalue weighted by Crippen LogP contribution is 2.25. The van der Waals surface area contributed by atoms with Crippen molar-refractivity contribution in [3.05, 3.63) is 30.2 Å². The Morgan fingerprint density at radius 2 is 2.00 bits per heavy atom. The third kappa shape index (κ3) is 3.08. The minimum absolute atomic E-state index is 0.0468. The van der Waals surface area contributed by atoms with Gasteiger partial charge in [0, 0.05) is 12.7 Å². The predicted molar refractivity (Wildman–Crippen MR) is 77.4 cm³/mol. The summed E-state index contributed by atoms with van der Waals surface area (Å²) in [5.74, 6) is 1.40. The van der Waals surface area contributed by atoms with E-state index in [9.17, 15) is 0 Å². The molecule has 6 heteroatoms. The van der Waals surface area contributed by atoms with Crippen LogP contribution in [0.2, 0.25) is 0 Å². The zero-order valence-corrected chi connectivity index (χ0v) is 12.3. The van der Waals surface area contributed by atoms with Gasteiger partial charge >= 0.3 is 6.01 Å². The normalized spacial score (nSPS) is 12.2. The van der Waals surface area contributed by atoms with Gasteiger partial charge in [-0.3, -0.25) is 4.90 Å². The number of nitrogens with zero attached hydrogens (tertiary/aromatic N) is 3. The second-order valence-corrected chi connectivity index (χ2v) is 4.46. The predicted octanol–water partition coefficient (Wildman–Crippen LogP) is 2.52. The Morgan fingerprint density at radius 3 is 2.60 bits per heavy atom. The van der Waals surface area contributed by atoms with Crippen LogP contribution in [0, 0.1) is 0 Å². The number of benzene rings is 1. The van der Waals surface area contributed by atoms with Crippen molar-refractivity contribution in [3.63, 3.8) is 0 Å². The molecular weight excluding hydrogens is 256 g/mol. The minimum atomic E-state index is 0.0468. The summed E-state index contributed by atoms with van der Waals surface area (Å²) in [6.07, 6.45) is 0. The van der Waals surface area contributed by atoms with Gasteiger partial charge in [-0.05, 0) is 37.7 Å². The molecule has 0 radical (unpaired) electrons. The standard InChI is InChI=1S/C14H20N4O2/c1-5-15-10(2)13-16-17-14(20-13)18(3)11-6-8-12(19-4)9-7-11/h6-10,15H,5H2,1-4H3. The van der Waals surface area contributed by atoms with Crippen molar-refractivity contribution in [2.24, 2.45) is 0 Å². The first-order chi connectivity index (χ1) is 9.65. The Bertz CT molecular complexity index is 538. The van der Waals surface area contributed by atoms with E-state index in [0.717, 1.165) is 18.0 Å². The molecule has 0 fully saturated rings. The first kappa shape index (κ1) is 14.3. The fourth-order valence-electron chi connectivity index (χ4n) is 1.85. The molecule has 1 aromatic heterocycles. The molecule has 0 aliphatic carbocycles. The lowest BCUT2D eigenvalue weighted by atomic mass is 10.3. The van der Waals surface area contributed by atoms with Gasteiger partial charge in [0.1, 0.15) is 5.75 Å². The molecule has 0 saturated heterocycles. The molecule has 2 rings (SSSR count). The topological polar surface area (TPSA) is 63.4 Å². The molecule has 0 saturated carbocycles. The number of hydrogen-bond donors (Lipinski definition) is 1. The van der Waals surface area contributed by atoms with E-state index in [2.05, 4.69) is 15.5 Å². The number of ether oxygens (including phenoxy) is 1. The molecule has 108 valence electrons. The van der Waals surface area contributed by atoms with Crippen molar-refractivity contribution in [3.8, 4) is 5.75 Å². The molecule has 1 heterocycles. The number of methoxy groups -OCH3 is 1. The van der Waals surface area contributed by atoms with E-state index in [4.69, 9.17) is 9.15 Å². The van der Waals surface area contributed by atoms with Crippen molar-refractivity contribution in [2.45, 2.75) is 19.9 Å². The van der Waals surface area contributed by atoms with Crippen molar-refractivity contribution in [2.75, 3.05) is 25.6 Å². The molecule has 1 N–H and O–H groups in total. The third-order valence-corrected chi connectivity index (χ3v) is 3.06. The summed E-state index contributed by atoms with van der Waals surface area (Å²) in [6.45, 7) is 4.89. The van der Waals surface area contributed by atoms with Gasteiger partial charge in [0.05, 0.1) is 13.2 Å². The molecular formula is C14H20N4O2. The maximum absolute atomic E-state index is 5.68. The van der Waals surface area contributed by atoms with Crippen molar-refractivity contribution >= 4 is 11.7 Å². The van der Waals surface area contributed by atoms with Crippen LogP contribution >= 0.6 is 0 Å². The summed E-state index contributed by atoms with van der Waals surface area (Å²) in [6, 6.07) is 8.18. The number of aromatic nitrogens is 2. The molecule has 0 aliphatic heterocycles. The Morgan fingerprint density at radius 1 is 1.30 bits per heavy atom. The molecule has 1 aromatic carbocycles. The Hall–Kier alpha value is -2.08. The van der Waals surface area contributed by atoms with E-state index in [1.807, 2.05) is 50.1 Å². The van der Waals surface area contributed by atoms with Gasteiger partial charge in [0.25, 0.3) is 0 Å². The second kappa shape index (κ2) is 6.38. The van der Waals surface area contributed by atoms with Crippen LogP contribution in [0.1, 0.15) is 25.8 Å². The Balaban J connectivity index is 2.13. The molecule has 1 atom stereocenters. The van der Waals surface area contributed by atoms with Gasteiger partial charge in [-0.2, -0.15) is 0 Å². The van der Waals surface area contributed by atoms with Crippen LogP contribution in [-0.4, -0.2) is 30.9 Å². The van der Waals surface area contributed by atoms with Gasteiger partial charge in [-0.15, -0.1) is 5.10 Å². The van der Waals surface area contributed by atoms with Crippen LogP contribution in [0.15, 0.2) is 28.7 Å². The average Bonchev–Trinajstić information content (AvgIpc) is 2.97. The number of anilines is 2. The van der Waals surface area contributed by atoms with Crippen LogP contribution in [0.5, 0.6) is 5.75 Å². The fraction of sp³-hybridized carbons (Fsp3) is 0.429. The average molecular weight is 276 g/mol. The SMILES string of the molecule is CCNC(C)c1nnc(N(C)c2ccc(OC)cc2)o1. The molecule has 0 spiro atoms. The van der Waals surface area contributed by atoms with Crippen LogP contribution < -0.4 is 15.0 Å². The van der Waals surface area contributed by atoms with Crippen molar-refractivity contribution < 1.29 is 9.15 Å². The first-order valence-electron chi connectivity index (χ1n) is 6.60. The summed E-state index contributed by atoms with van der Waals surface area (Å²) in [4.78, 5) is 1.84. The van der Waals surface area contributed by atoms with Crippen LogP contribution in [0.25, 0.3) is 0 Å². The van der Waals surface area contributed by atoms with Gasteiger partial charge < -0.3 is 14.5 Å². The summed E-state index contributed by atoms with van der Waals surface area (Å²) >= 11 is 0. The van der Waals surface area contributed by atoms with E-state index < -0.39 is 0 Å². The monoisotopic (exact) mass is 276 g/mol. The van der Waals surface area contributed by atoms with E-state index in [0.29, 0.717) is 11.9 Å². The van der Waals surface area contributed by atoms with Crippen LogP contribution in [0.4, 0.5) is 11.7 Å².